The molecule has 0 saturated heterocycles. The average Bonchev–Trinajstić information content (AvgIpc) is 3.22. The number of urea groups is 1. The van der Waals surface area contributed by atoms with Gasteiger partial charge in [-0.05, 0) is 49.3 Å². The van der Waals surface area contributed by atoms with Crippen LogP contribution in [0, 0.1) is 11.7 Å². The smallest absolute Gasteiger partial charge is 0.317 e. The minimum absolute atomic E-state index is 0.00940. The first-order chi connectivity index (χ1) is 9.69. The van der Waals surface area contributed by atoms with E-state index in [4.69, 9.17) is 0 Å². The van der Waals surface area contributed by atoms with Gasteiger partial charge in [-0.1, -0.05) is 19.1 Å². The SMILES string of the molecule is CCCN(CC1CC1)C(=O)NCCc1cccc(F)c1. The van der Waals surface area contributed by atoms with E-state index in [0.717, 1.165) is 25.1 Å². The van der Waals surface area contributed by atoms with Crippen molar-refractivity contribution in [2.24, 2.45) is 5.92 Å². The Bertz CT molecular complexity index is 446. The Morgan fingerprint density at radius 2 is 2.25 bits per heavy atom. The third kappa shape index (κ3) is 4.83. The molecule has 1 aliphatic carbocycles. The summed E-state index contributed by atoms with van der Waals surface area (Å²) < 4.78 is 13.0. The van der Waals surface area contributed by atoms with Crippen LogP contribution in [0.2, 0.25) is 0 Å². The van der Waals surface area contributed by atoms with Crippen molar-refractivity contribution in [3.05, 3.63) is 35.6 Å². The van der Waals surface area contributed by atoms with Crippen LogP contribution in [-0.4, -0.2) is 30.6 Å². The lowest BCUT2D eigenvalue weighted by Crippen LogP contribution is -2.42. The molecule has 110 valence electrons. The second kappa shape index (κ2) is 7.27. The first-order valence-corrected chi connectivity index (χ1v) is 7.46. The Morgan fingerprint density at radius 1 is 1.45 bits per heavy atom. The lowest BCUT2D eigenvalue weighted by molar-refractivity contribution is 0.195. The summed E-state index contributed by atoms with van der Waals surface area (Å²) in [6.07, 6.45) is 4.13. The molecule has 20 heavy (non-hydrogen) atoms. The number of nitrogens with zero attached hydrogens (tertiary/aromatic N) is 1. The molecule has 1 saturated carbocycles. The fraction of sp³-hybridized carbons (Fsp3) is 0.562. The van der Waals surface area contributed by atoms with Gasteiger partial charge in [-0.25, -0.2) is 9.18 Å². The average molecular weight is 278 g/mol. The molecule has 0 spiro atoms. The van der Waals surface area contributed by atoms with Crippen molar-refractivity contribution >= 4 is 6.03 Å². The van der Waals surface area contributed by atoms with Gasteiger partial charge in [0.25, 0.3) is 0 Å². The molecule has 0 aliphatic heterocycles. The highest BCUT2D eigenvalue weighted by Crippen LogP contribution is 2.29. The Hall–Kier alpha value is -1.58. The zero-order valence-electron chi connectivity index (χ0n) is 12.1. The summed E-state index contributed by atoms with van der Waals surface area (Å²) in [5.74, 6) is 0.477. The minimum Gasteiger partial charge on any atom is -0.338 e. The van der Waals surface area contributed by atoms with Crippen molar-refractivity contribution in [1.82, 2.24) is 10.2 Å². The van der Waals surface area contributed by atoms with Crippen LogP contribution in [0.3, 0.4) is 0 Å². The molecule has 0 bridgehead atoms. The van der Waals surface area contributed by atoms with Crippen molar-refractivity contribution in [3.63, 3.8) is 0 Å². The summed E-state index contributed by atoms with van der Waals surface area (Å²) in [6.45, 7) is 4.31. The molecule has 1 aliphatic rings. The highest BCUT2D eigenvalue weighted by atomic mass is 19.1. The highest BCUT2D eigenvalue weighted by molar-refractivity contribution is 5.74. The van der Waals surface area contributed by atoms with E-state index in [1.165, 1.54) is 25.0 Å². The first kappa shape index (κ1) is 14.8. The van der Waals surface area contributed by atoms with Gasteiger partial charge in [-0.2, -0.15) is 0 Å². The van der Waals surface area contributed by atoms with Crippen LogP contribution < -0.4 is 5.32 Å². The monoisotopic (exact) mass is 278 g/mol. The number of nitrogens with one attached hydrogen (secondary N) is 1. The summed E-state index contributed by atoms with van der Waals surface area (Å²) >= 11 is 0. The van der Waals surface area contributed by atoms with E-state index in [2.05, 4.69) is 12.2 Å². The number of amides is 2. The molecule has 0 radical (unpaired) electrons. The summed E-state index contributed by atoms with van der Waals surface area (Å²) in [5.41, 5.74) is 0.912. The second-order valence-electron chi connectivity index (χ2n) is 5.50. The first-order valence-electron chi connectivity index (χ1n) is 7.46. The Balaban J connectivity index is 1.74. The van der Waals surface area contributed by atoms with E-state index in [0.29, 0.717) is 18.9 Å². The molecule has 0 heterocycles. The van der Waals surface area contributed by atoms with Gasteiger partial charge in [0.1, 0.15) is 5.82 Å². The van der Waals surface area contributed by atoms with E-state index >= 15 is 0 Å². The molecule has 1 fully saturated rings. The molecule has 3 nitrogen and oxygen atoms in total. The summed E-state index contributed by atoms with van der Waals surface area (Å²) in [4.78, 5) is 14.0. The molecule has 1 aromatic carbocycles. The molecule has 1 aromatic rings. The number of halogens is 1. The Morgan fingerprint density at radius 3 is 2.90 bits per heavy atom. The van der Waals surface area contributed by atoms with Gasteiger partial charge in [0.05, 0.1) is 0 Å². The molecular formula is C16H23FN2O. The van der Waals surface area contributed by atoms with Crippen molar-refractivity contribution in [3.8, 4) is 0 Å². The molecular weight excluding hydrogens is 255 g/mol. The largest absolute Gasteiger partial charge is 0.338 e. The maximum atomic E-state index is 13.0. The zero-order valence-corrected chi connectivity index (χ0v) is 12.1. The van der Waals surface area contributed by atoms with Crippen molar-refractivity contribution < 1.29 is 9.18 Å². The number of rotatable bonds is 7. The summed E-state index contributed by atoms with van der Waals surface area (Å²) in [7, 11) is 0. The van der Waals surface area contributed by atoms with Crippen LogP contribution in [0.1, 0.15) is 31.7 Å². The number of hydrogen-bond acceptors (Lipinski definition) is 1. The topological polar surface area (TPSA) is 32.3 Å². The van der Waals surface area contributed by atoms with Crippen molar-refractivity contribution in [2.75, 3.05) is 19.6 Å². The third-order valence-electron chi connectivity index (χ3n) is 3.54. The van der Waals surface area contributed by atoms with E-state index in [1.54, 1.807) is 6.07 Å². The standard InChI is InChI=1S/C16H23FN2O/c1-2-10-19(12-14-6-7-14)16(20)18-9-8-13-4-3-5-15(17)11-13/h3-5,11,14H,2,6-10,12H2,1H3,(H,18,20). The molecule has 1 N–H and O–H groups in total. The molecule has 2 amide bonds. The summed E-state index contributed by atoms with van der Waals surface area (Å²) in [5, 5.41) is 2.93. The quantitative estimate of drug-likeness (QED) is 0.816. The van der Waals surface area contributed by atoms with Crippen LogP contribution in [-0.2, 0) is 6.42 Å². The van der Waals surface area contributed by atoms with Gasteiger partial charge in [-0.3, -0.25) is 0 Å². The lowest BCUT2D eigenvalue weighted by Gasteiger charge is -2.22. The number of hydrogen-bond donors (Lipinski definition) is 1. The van der Waals surface area contributed by atoms with Crippen LogP contribution in [0.4, 0.5) is 9.18 Å². The van der Waals surface area contributed by atoms with E-state index in [9.17, 15) is 9.18 Å². The second-order valence-corrected chi connectivity index (χ2v) is 5.50. The van der Waals surface area contributed by atoms with Gasteiger partial charge in [0.15, 0.2) is 0 Å². The zero-order chi connectivity index (χ0) is 14.4. The van der Waals surface area contributed by atoms with Gasteiger partial charge < -0.3 is 10.2 Å². The van der Waals surface area contributed by atoms with Crippen LogP contribution in [0.15, 0.2) is 24.3 Å². The molecule has 0 unspecified atom stereocenters. The van der Waals surface area contributed by atoms with Crippen molar-refractivity contribution in [1.29, 1.82) is 0 Å². The fourth-order valence-corrected chi connectivity index (χ4v) is 2.28. The number of carbonyl (C=O) groups is 1. The highest BCUT2D eigenvalue weighted by Gasteiger charge is 2.26. The number of benzene rings is 1. The predicted molar refractivity (Wildman–Crippen MR) is 78.1 cm³/mol. The maximum absolute atomic E-state index is 13.0. The lowest BCUT2D eigenvalue weighted by atomic mass is 10.1. The van der Waals surface area contributed by atoms with Crippen LogP contribution >= 0.6 is 0 Å². The maximum Gasteiger partial charge on any atom is 0.317 e. The van der Waals surface area contributed by atoms with Gasteiger partial charge >= 0.3 is 6.03 Å². The fourth-order valence-electron chi connectivity index (χ4n) is 2.28. The van der Waals surface area contributed by atoms with Gasteiger partial charge in [0, 0.05) is 19.6 Å². The minimum atomic E-state index is -0.227. The van der Waals surface area contributed by atoms with Gasteiger partial charge in [-0.15, -0.1) is 0 Å². The van der Waals surface area contributed by atoms with Gasteiger partial charge in [0.2, 0.25) is 0 Å². The molecule has 0 aromatic heterocycles. The predicted octanol–water partition coefficient (Wildman–Crippen LogP) is 3.20. The third-order valence-corrected chi connectivity index (χ3v) is 3.54. The van der Waals surface area contributed by atoms with E-state index < -0.39 is 0 Å². The Labute approximate surface area is 120 Å². The number of carbonyl (C=O) groups excluding carboxylic acids is 1. The van der Waals surface area contributed by atoms with Crippen LogP contribution in [0.5, 0.6) is 0 Å². The molecule has 4 heteroatoms. The normalized spacial score (nSPS) is 14.1. The molecule has 2 rings (SSSR count). The van der Waals surface area contributed by atoms with Crippen LogP contribution in [0.25, 0.3) is 0 Å². The van der Waals surface area contributed by atoms with Crippen molar-refractivity contribution in [2.45, 2.75) is 32.6 Å². The summed E-state index contributed by atoms with van der Waals surface area (Å²) in [6, 6.07) is 6.53. The van der Waals surface area contributed by atoms with E-state index in [-0.39, 0.29) is 11.8 Å². The van der Waals surface area contributed by atoms with E-state index in [1.807, 2.05) is 11.0 Å². The molecule has 0 atom stereocenters. The Kier molecular flexibility index (Phi) is 5.39.